The van der Waals surface area contributed by atoms with E-state index in [2.05, 4.69) is 15.4 Å². The monoisotopic (exact) mass is 330 g/mol. The van der Waals surface area contributed by atoms with E-state index in [0.717, 1.165) is 17.0 Å². The van der Waals surface area contributed by atoms with Gasteiger partial charge in [0.25, 0.3) is 0 Å². The standard InChI is InChI=1S/C16H18N4O2S/c1-9-13(10(2)21)14(11-5-7-12(22-3)8-6-11)20-15(17-9)18-16(19-20)23-4/h5-8,14H,1-4H3,(H,17,18,19)/t14-/m0/s1. The molecule has 0 bridgehead atoms. The average Bonchev–Trinajstić information content (AvgIpc) is 2.96. The summed E-state index contributed by atoms with van der Waals surface area (Å²) in [6.45, 7) is 3.47. The smallest absolute Gasteiger partial charge is 0.227 e. The van der Waals surface area contributed by atoms with Crippen LogP contribution in [0.1, 0.15) is 25.5 Å². The molecule has 1 aliphatic rings. The number of aromatic nitrogens is 3. The van der Waals surface area contributed by atoms with Gasteiger partial charge in [0.05, 0.1) is 7.11 Å². The third-order valence-corrected chi connectivity index (χ3v) is 4.36. The molecule has 0 saturated heterocycles. The van der Waals surface area contributed by atoms with Crippen LogP contribution >= 0.6 is 11.8 Å². The number of ether oxygens (including phenoxy) is 1. The zero-order valence-electron chi connectivity index (χ0n) is 13.5. The van der Waals surface area contributed by atoms with E-state index in [1.807, 2.05) is 37.4 Å². The second-order valence-corrected chi connectivity index (χ2v) is 6.04. The number of thioether (sulfide) groups is 1. The first-order chi connectivity index (χ1) is 11.0. The van der Waals surface area contributed by atoms with Crippen LogP contribution in [0.5, 0.6) is 5.75 Å². The summed E-state index contributed by atoms with van der Waals surface area (Å²) in [5, 5.41) is 8.37. The first kappa shape index (κ1) is 15.6. The number of fused-ring (bicyclic) bond motifs is 1. The van der Waals surface area contributed by atoms with Crippen molar-refractivity contribution in [3.05, 3.63) is 41.1 Å². The van der Waals surface area contributed by atoms with Gasteiger partial charge < -0.3 is 10.1 Å². The van der Waals surface area contributed by atoms with E-state index < -0.39 is 0 Å². The number of carbonyl (C=O) groups is 1. The zero-order chi connectivity index (χ0) is 16.6. The van der Waals surface area contributed by atoms with Crippen LogP contribution in [0.3, 0.4) is 0 Å². The average molecular weight is 330 g/mol. The maximum Gasteiger partial charge on any atom is 0.227 e. The lowest BCUT2D eigenvalue weighted by molar-refractivity contribution is -0.114. The molecule has 2 aromatic rings. The number of nitrogens with zero attached hydrogens (tertiary/aromatic N) is 3. The van der Waals surface area contributed by atoms with Gasteiger partial charge in [0.1, 0.15) is 11.8 Å². The van der Waals surface area contributed by atoms with Crippen LogP contribution in [0.4, 0.5) is 5.95 Å². The van der Waals surface area contributed by atoms with Crippen LogP contribution in [-0.4, -0.2) is 33.9 Å². The Morgan fingerprint density at radius 2 is 2.04 bits per heavy atom. The van der Waals surface area contributed by atoms with Gasteiger partial charge in [-0.15, -0.1) is 5.10 Å². The normalized spacial score (nSPS) is 16.8. The van der Waals surface area contributed by atoms with Crippen molar-refractivity contribution < 1.29 is 9.53 Å². The summed E-state index contributed by atoms with van der Waals surface area (Å²) < 4.78 is 6.99. The molecule has 1 aliphatic heterocycles. The van der Waals surface area contributed by atoms with Gasteiger partial charge in [-0.3, -0.25) is 4.79 Å². The molecular formula is C16H18N4O2S. The predicted molar refractivity (Wildman–Crippen MR) is 89.9 cm³/mol. The minimum absolute atomic E-state index is 0.0164. The summed E-state index contributed by atoms with van der Waals surface area (Å²) in [7, 11) is 1.63. The number of ketones is 1. The van der Waals surface area contributed by atoms with Gasteiger partial charge in [-0.25, -0.2) is 4.68 Å². The lowest BCUT2D eigenvalue weighted by Crippen LogP contribution is -2.27. The highest BCUT2D eigenvalue weighted by molar-refractivity contribution is 7.98. The molecule has 7 heteroatoms. The Morgan fingerprint density at radius 1 is 1.35 bits per heavy atom. The summed E-state index contributed by atoms with van der Waals surface area (Å²) in [4.78, 5) is 16.7. The number of nitrogens with one attached hydrogen (secondary N) is 1. The fraction of sp³-hybridized carbons (Fsp3) is 0.312. The maximum atomic E-state index is 12.2. The zero-order valence-corrected chi connectivity index (χ0v) is 14.3. The molecule has 1 atom stereocenters. The van der Waals surface area contributed by atoms with E-state index in [1.54, 1.807) is 18.7 Å². The van der Waals surface area contributed by atoms with Crippen molar-refractivity contribution in [3.8, 4) is 5.75 Å². The Labute approximate surface area is 138 Å². The summed E-state index contributed by atoms with van der Waals surface area (Å²) >= 11 is 1.47. The third kappa shape index (κ3) is 2.72. The molecule has 0 unspecified atom stereocenters. The molecule has 23 heavy (non-hydrogen) atoms. The van der Waals surface area contributed by atoms with Crippen molar-refractivity contribution in [2.24, 2.45) is 0 Å². The number of Topliss-reactive ketones (excluding diaryl/α,β-unsaturated/α-hetero) is 1. The topological polar surface area (TPSA) is 69.0 Å². The fourth-order valence-corrected chi connectivity index (χ4v) is 3.12. The van der Waals surface area contributed by atoms with Crippen molar-refractivity contribution in [3.63, 3.8) is 0 Å². The molecule has 3 rings (SSSR count). The molecule has 1 aromatic heterocycles. The van der Waals surface area contributed by atoms with E-state index in [0.29, 0.717) is 16.7 Å². The van der Waals surface area contributed by atoms with E-state index in [9.17, 15) is 4.79 Å². The van der Waals surface area contributed by atoms with Crippen LogP contribution in [0.25, 0.3) is 0 Å². The van der Waals surface area contributed by atoms with E-state index in [-0.39, 0.29) is 11.8 Å². The van der Waals surface area contributed by atoms with E-state index in [4.69, 9.17) is 4.74 Å². The highest BCUT2D eigenvalue weighted by Crippen LogP contribution is 2.36. The van der Waals surface area contributed by atoms with Crippen LogP contribution in [0.15, 0.2) is 40.7 Å². The molecule has 0 saturated carbocycles. The van der Waals surface area contributed by atoms with Crippen molar-refractivity contribution in [2.45, 2.75) is 25.0 Å². The van der Waals surface area contributed by atoms with Crippen LogP contribution in [-0.2, 0) is 4.79 Å². The van der Waals surface area contributed by atoms with E-state index >= 15 is 0 Å². The summed E-state index contributed by atoms with van der Waals surface area (Å²) in [5.41, 5.74) is 2.47. The first-order valence-corrected chi connectivity index (χ1v) is 8.40. The van der Waals surface area contributed by atoms with Gasteiger partial charge in [0, 0.05) is 11.3 Å². The Morgan fingerprint density at radius 3 is 2.61 bits per heavy atom. The lowest BCUT2D eigenvalue weighted by Gasteiger charge is -2.28. The Balaban J connectivity index is 2.15. The summed E-state index contributed by atoms with van der Waals surface area (Å²) in [5.74, 6) is 1.44. The molecule has 0 amide bonds. The van der Waals surface area contributed by atoms with Crippen molar-refractivity contribution >= 4 is 23.5 Å². The molecular weight excluding hydrogens is 312 g/mol. The highest BCUT2D eigenvalue weighted by Gasteiger charge is 2.32. The number of anilines is 1. The molecule has 0 spiro atoms. The van der Waals surface area contributed by atoms with Gasteiger partial charge in [0.15, 0.2) is 5.78 Å². The number of carbonyl (C=O) groups excluding carboxylic acids is 1. The van der Waals surface area contributed by atoms with Gasteiger partial charge in [-0.05, 0) is 37.8 Å². The SMILES string of the molecule is COc1ccc([C@H]2C(C(C)=O)=C(C)Nc3nc(SC)nn32)cc1. The van der Waals surface area contributed by atoms with Crippen molar-refractivity contribution in [1.29, 1.82) is 0 Å². The number of rotatable bonds is 4. The van der Waals surface area contributed by atoms with Gasteiger partial charge in [0.2, 0.25) is 11.1 Å². The number of benzene rings is 1. The highest BCUT2D eigenvalue weighted by atomic mass is 32.2. The van der Waals surface area contributed by atoms with Gasteiger partial charge in [-0.2, -0.15) is 4.98 Å². The number of hydrogen-bond donors (Lipinski definition) is 1. The van der Waals surface area contributed by atoms with Crippen molar-refractivity contribution in [1.82, 2.24) is 14.8 Å². The van der Waals surface area contributed by atoms with Crippen LogP contribution < -0.4 is 10.1 Å². The minimum atomic E-state index is -0.289. The van der Waals surface area contributed by atoms with Crippen LogP contribution in [0, 0.1) is 0 Å². The molecule has 0 fully saturated rings. The Bertz CT molecular complexity index is 780. The second kappa shape index (κ2) is 6.08. The molecule has 1 N–H and O–H groups in total. The fourth-order valence-electron chi connectivity index (χ4n) is 2.77. The summed E-state index contributed by atoms with van der Waals surface area (Å²) in [6, 6.07) is 7.39. The molecule has 0 radical (unpaired) electrons. The van der Waals surface area contributed by atoms with Crippen molar-refractivity contribution in [2.75, 3.05) is 18.7 Å². The summed E-state index contributed by atoms with van der Waals surface area (Å²) in [6.07, 6.45) is 1.93. The molecule has 6 nitrogen and oxygen atoms in total. The second-order valence-electron chi connectivity index (χ2n) is 5.26. The minimum Gasteiger partial charge on any atom is -0.497 e. The molecule has 2 heterocycles. The quantitative estimate of drug-likeness (QED) is 0.869. The van der Waals surface area contributed by atoms with Gasteiger partial charge >= 0.3 is 0 Å². The lowest BCUT2D eigenvalue weighted by atomic mass is 9.93. The van der Waals surface area contributed by atoms with E-state index in [1.165, 1.54) is 11.8 Å². The first-order valence-electron chi connectivity index (χ1n) is 7.18. The number of allylic oxidation sites excluding steroid dienone is 2. The Hall–Kier alpha value is -2.28. The molecule has 1 aromatic carbocycles. The molecule has 120 valence electrons. The maximum absolute atomic E-state index is 12.2. The predicted octanol–water partition coefficient (Wildman–Crippen LogP) is 2.89. The molecule has 0 aliphatic carbocycles. The third-order valence-electron chi connectivity index (χ3n) is 3.83. The Kier molecular flexibility index (Phi) is 4.12. The number of methoxy groups -OCH3 is 1. The largest absolute Gasteiger partial charge is 0.497 e. The van der Waals surface area contributed by atoms with Gasteiger partial charge in [-0.1, -0.05) is 23.9 Å². The van der Waals surface area contributed by atoms with Crippen LogP contribution in [0.2, 0.25) is 0 Å². The number of hydrogen-bond acceptors (Lipinski definition) is 6.